The maximum atomic E-state index is 5.43. The Balaban J connectivity index is 3.15. The van der Waals surface area contributed by atoms with Gasteiger partial charge in [-0.05, 0) is 20.8 Å². The molecule has 0 spiro atoms. The van der Waals surface area contributed by atoms with Gasteiger partial charge < -0.3 is 4.43 Å². The molecule has 0 fully saturated rings. The van der Waals surface area contributed by atoms with Crippen molar-refractivity contribution in [2.45, 2.75) is 26.4 Å². The van der Waals surface area contributed by atoms with Crippen molar-refractivity contribution in [2.75, 3.05) is 0 Å². The van der Waals surface area contributed by atoms with Gasteiger partial charge in [-0.15, -0.1) is 0 Å². The molecule has 0 heterocycles. The predicted molar refractivity (Wildman–Crippen MR) is 39.3 cm³/mol. The van der Waals surface area contributed by atoms with Crippen LogP contribution in [0.4, 0.5) is 0 Å². The van der Waals surface area contributed by atoms with Crippen molar-refractivity contribution in [2.24, 2.45) is 0 Å². The highest BCUT2D eigenvalue weighted by Crippen LogP contribution is 2.02. The van der Waals surface area contributed by atoms with Crippen molar-refractivity contribution in [1.82, 2.24) is 0 Å². The first-order valence-corrected chi connectivity index (χ1v) is 8.93. The van der Waals surface area contributed by atoms with Gasteiger partial charge in [0.15, 0.2) is 0 Å². The molecule has 7 heavy (non-hydrogen) atoms. The lowest BCUT2D eigenvalue weighted by atomic mass is 10.2. The Morgan fingerprint density at radius 2 is 1.86 bits per heavy atom. The second kappa shape index (κ2) is 2.64. The van der Waals surface area contributed by atoms with Crippen LogP contribution in [0.1, 0.15) is 20.8 Å². The Morgan fingerprint density at radius 1 is 1.43 bits per heavy atom. The third-order valence-corrected chi connectivity index (χ3v) is 2.60. The van der Waals surface area contributed by atoms with Gasteiger partial charge in [-0.1, -0.05) is 0 Å². The molecule has 1 nitrogen and oxygen atoms in total. The number of hydrogen-bond donors (Lipinski definition) is 0. The van der Waals surface area contributed by atoms with Crippen molar-refractivity contribution in [3.8, 4) is 0 Å². The molecule has 0 aliphatic heterocycles. The van der Waals surface area contributed by atoms with Crippen molar-refractivity contribution in [3.05, 3.63) is 0 Å². The van der Waals surface area contributed by atoms with Gasteiger partial charge in [0.05, 0.1) is 0 Å². The van der Waals surface area contributed by atoms with Crippen LogP contribution in [-0.2, 0) is 4.43 Å². The molecule has 0 aromatic rings. The Labute approximate surface area is 50.6 Å². The maximum absolute atomic E-state index is 5.43. The van der Waals surface area contributed by atoms with Gasteiger partial charge in [-0.25, -0.2) is 0 Å². The summed E-state index contributed by atoms with van der Waals surface area (Å²) in [5, 5.41) is 0. The van der Waals surface area contributed by atoms with Gasteiger partial charge in [0.2, 0.25) is 0 Å². The lowest BCUT2D eigenvalue weighted by Crippen LogP contribution is -2.21. The molecule has 0 saturated carbocycles. The van der Waals surface area contributed by atoms with Crippen LogP contribution in [0, 0.1) is 0 Å². The van der Waals surface area contributed by atoms with Crippen LogP contribution in [0.3, 0.4) is 0 Å². The Kier molecular flexibility index (Phi) is 2.79. The monoisotopic (exact) mass is 134 g/mol. The van der Waals surface area contributed by atoms with E-state index in [0.717, 1.165) is 0 Å². The summed E-state index contributed by atoms with van der Waals surface area (Å²) in [7, 11) is 1.24. The highest BCUT2D eigenvalue weighted by molar-refractivity contribution is 6.85. The van der Waals surface area contributed by atoms with Crippen LogP contribution in [0.15, 0.2) is 0 Å². The second-order valence-corrected chi connectivity index (χ2v) is 5.14. The molecule has 0 saturated heterocycles. The lowest BCUT2D eigenvalue weighted by molar-refractivity contribution is 0.144. The average Bonchev–Trinajstić information content (AvgIpc) is 1.30. The predicted octanol–water partition coefficient (Wildman–Crippen LogP) is -0.834. The van der Waals surface area contributed by atoms with E-state index < -0.39 is 0 Å². The molecule has 0 atom stereocenters. The van der Waals surface area contributed by atoms with Crippen molar-refractivity contribution < 1.29 is 4.43 Å². The molecular formula is C4H14OSi2. The Morgan fingerprint density at radius 3 is 1.86 bits per heavy atom. The van der Waals surface area contributed by atoms with Crippen LogP contribution in [0.2, 0.25) is 0 Å². The minimum Gasteiger partial charge on any atom is -0.424 e. The standard InChI is InChI=1S/C4H14OSi2/c1-4(2,3)5-7-6/h7H2,1-3,6H3. The molecule has 0 aliphatic rings. The summed E-state index contributed by atoms with van der Waals surface area (Å²) in [6.45, 7) is 6.33. The van der Waals surface area contributed by atoms with Gasteiger partial charge in [-0.3, -0.25) is 0 Å². The zero-order chi connectivity index (χ0) is 5.91. The molecule has 0 N–H and O–H groups in total. The fourth-order valence-electron chi connectivity index (χ4n) is 0.433. The van der Waals surface area contributed by atoms with E-state index in [-0.39, 0.29) is 14.9 Å². The van der Waals surface area contributed by atoms with E-state index in [1.54, 1.807) is 0 Å². The molecule has 0 bridgehead atoms. The average molecular weight is 134 g/mol. The normalized spacial score (nSPS) is 14.1. The molecule has 0 aliphatic carbocycles. The van der Waals surface area contributed by atoms with E-state index in [2.05, 4.69) is 20.8 Å². The molecule has 3 heteroatoms. The molecule has 0 radical (unpaired) electrons. The topological polar surface area (TPSA) is 9.23 Å². The SMILES string of the molecule is CC(C)(C)O[SiH2][SiH3]. The van der Waals surface area contributed by atoms with E-state index in [9.17, 15) is 0 Å². The van der Waals surface area contributed by atoms with Crippen molar-refractivity contribution in [1.29, 1.82) is 0 Å². The largest absolute Gasteiger partial charge is 0.424 e. The smallest absolute Gasteiger partial charge is 0.140 e. The van der Waals surface area contributed by atoms with Crippen LogP contribution >= 0.6 is 0 Å². The third-order valence-electron chi connectivity index (χ3n) is 0.577. The highest BCUT2D eigenvalue weighted by atomic mass is 29.1. The quantitative estimate of drug-likeness (QED) is 0.425. The minimum atomic E-state index is -0.0513. The molecule has 0 aromatic carbocycles. The minimum absolute atomic E-state index is 0.0513. The first-order valence-electron chi connectivity index (χ1n) is 2.70. The molecule has 0 rings (SSSR count). The third kappa shape index (κ3) is 6.39. The van der Waals surface area contributed by atoms with E-state index in [0.29, 0.717) is 0 Å². The molecule has 0 aromatic heterocycles. The van der Waals surface area contributed by atoms with Crippen LogP contribution in [0.25, 0.3) is 0 Å². The van der Waals surface area contributed by atoms with Crippen LogP contribution in [-0.4, -0.2) is 24.6 Å². The molecule has 0 amide bonds. The first kappa shape index (κ1) is 7.39. The fourth-order valence-corrected chi connectivity index (χ4v) is 3.90. The Bertz CT molecular complexity index is 48.1. The zero-order valence-electron chi connectivity index (χ0n) is 5.62. The summed E-state index contributed by atoms with van der Waals surface area (Å²) in [6, 6.07) is 0. The maximum Gasteiger partial charge on any atom is 0.140 e. The van der Waals surface area contributed by atoms with Gasteiger partial charge in [0.1, 0.15) is 9.28 Å². The number of hydrogen-bond acceptors (Lipinski definition) is 1. The van der Waals surface area contributed by atoms with Crippen molar-refractivity contribution in [3.63, 3.8) is 0 Å². The lowest BCUT2D eigenvalue weighted by Gasteiger charge is -2.18. The van der Waals surface area contributed by atoms with E-state index in [1.807, 2.05) is 0 Å². The van der Waals surface area contributed by atoms with Gasteiger partial charge in [0, 0.05) is 15.4 Å². The fraction of sp³-hybridized carbons (Fsp3) is 1.00. The summed E-state index contributed by atoms with van der Waals surface area (Å²) in [6.07, 6.45) is 0. The van der Waals surface area contributed by atoms with Gasteiger partial charge in [-0.2, -0.15) is 0 Å². The van der Waals surface area contributed by atoms with Crippen LogP contribution in [0.5, 0.6) is 0 Å². The first-order chi connectivity index (χ1) is 3.06. The molecule has 0 unspecified atom stereocenters. The van der Waals surface area contributed by atoms with Gasteiger partial charge >= 0.3 is 0 Å². The van der Waals surface area contributed by atoms with Crippen molar-refractivity contribution >= 4 is 19.0 Å². The van der Waals surface area contributed by atoms with E-state index in [4.69, 9.17) is 4.43 Å². The summed E-state index contributed by atoms with van der Waals surface area (Å²) in [5.41, 5.74) is 0.147. The van der Waals surface area contributed by atoms with E-state index >= 15 is 0 Å². The Hall–Kier alpha value is 0.394. The summed E-state index contributed by atoms with van der Waals surface area (Å²) >= 11 is 0. The summed E-state index contributed by atoms with van der Waals surface area (Å²) < 4.78 is 5.43. The van der Waals surface area contributed by atoms with E-state index in [1.165, 1.54) is 9.76 Å². The number of rotatable bonds is 1. The van der Waals surface area contributed by atoms with Gasteiger partial charge in [0.25, 0.3) is 0 Å². The molecule has 44 valence electrons. The second-order valence-electron chi connectivity index (χ2n) is 2.55. The highest BCUT2D eigenvalue weighted by Gasteiger charge is 2.05. The zero-order valence-corrected chi connectivity index (χ0v) is 9.03. The molecular weight excluding hydrogens is 120 g/mol. The van der Waals surface area contributed by atoms with Crippen LogP contribution < -0.4 is 0 Å². The summed E-state index contributed by atoms with van der Waals surface area (Å²) in [5.74, 6) is 0. The summed E-state index contributed by atoms with van der Waals surface area (Å²) in [4.78, 5) is 0.